The van der Waals surface area contributed by atoms with E-state index >= 15 is 0 Å². The second-order valence-electron chi connectivity index (χ2n) is 6.78. The van der Waals surface area contributed by atoms with Crippen molar-refractivity contribution in [3.05, 3.63) is 66.4 Å². The lowest BCUT2D eigenvalue weighted by atomic mass is 10.00. The van der Waals surface area contributed by atoms with Crippen LogP contribution in [0, 0.1) is 5.92 Å². The van der Waals surface area contributed by atoms with E-state index in [1.807, 2.05) is 54.6 Å². The molecule has 4 rings (SSSR count). The van der Waals surface area contributed by atoms with Crippen molar-refractivity contribution in [2.75, 3.05) is 19.8 Å². The molecular weight excluding hydrogens is 342 g/mol. The summed E-state index contributed by atoms with van der Waals surface area (Å²) in [6.45, 7) is 1.79. The maximum atomic E-state index is 12.7. The van der Waals surface area contributed by atoms with E-state index in [2.05, 4.69) is 0 Å². The predicted octanol–water partition coefficient (Wildman–Crippen LogP) is 3.41. The lowest BCUT2D eigenvalue weighted by molar-refractivity contribution is -0.139. The molecule has 0 atom stereocenters. The Labute approximate surface area is 158 Å². The fourth-order valence-corrected chi connectivity index (χ4v) is 3.45. The molecule has 0 radical (unpaired) electrons. The average molecular weight is 363 g/mol. The summed E-state index contributed by atoms with van der Waals surface area (Å²) in [4.78, 5) is 26.3. The minimum Gasteiger partial charge on any atom is -0.451 e. The molecule has 2 aromatic rings. The van der Waals surface area contributed by atoms with E-state index in [1.54, 1.807) is 0 Å². The van der Waals surface area contributed by atoms with Crippen LogP contribution in [-0.4, -0.2) is 36.5 Å². The summed E-state index contributed by atoms with van der Waals surface area (Å²) >= 11 is 0. The first kappa shape index (κ1) is 17.5. The predicted molar refractivity (Wildman–Crippen MR) is 101 cm³/mol. The highest BCUT2D eigenvalue weighted by atomic mass is 16.5. The van der Waals surface area contributed by atoms with Crippen molar-refractivity contribution in [2.45, 2.75) is 12.8 Å². The largest absolute Gasteiger partial charge is 0.451 e. The SMILES string of the molecule is O=C1C=C(Oc2ccccc2-c2ccccc2)C(=O)N1CC1CCOCC1. The minimum atomic E-state index is -0.366. The lowest BCUT2D eigenvalue weighted by Gasteiger charge is -2.26. The summed E-state index contributed by atoms with van der Waals surface area (Å²) in [7, 11) is 0. The zero-order chi connectivity index (χ0) is 18.6. The van der Waals surface area contributed by atoms with Crippen LogP contribution in [0.25, 0.3) is 11.1 Å². The molecule has 2 amide bonds. The molecule has 2 aromatic carbocycles. The van der Waals surface area contributed by atoms with Crippen LogP contribution in [0.5, 0.6) is 5.75 Å². The van der Waals surface area contributed by atoms with Gasteiger partial charge in [-0.15, -0.1) is 0 Å². The Morgan fingerprint density at radius 2 is 1.67 bits per heavy atom. The van der Waals surface area contributed by atoms with E-state index in [9.17, 15) is 9.59 Å². The van der Waals surface area contributed by atoms with Crippen molar-refractivity contribution < 1.29 is 19.1 Å². The number of amides is 2. The number of benzene rings is 2. The number of carbonyl (C=O) groups excluding carboxylic acids is 2. The first-order chi connectivity index (χ1) is 13.2. The van der Waals surface area contributed by atoms with Gasteiger partial charge in [-0.3, -0.25) is 14.5 Å². The van der Waals surface area contributed by atoms with Gasteiger partial charge in [0.05, 0.1) is 6.08 Å². The smallest absolute Gasteiger partial charge is 0.296 e. The van der Waals surface area contributed by atoms with Crippen LogP contribution in [0.2, 0.25) is 0 Å². The molecule has 2 heterocycles. The molecule has 0 saturated carbocycles. The van der Waals surface area contributed by atoms with Crippen molar-refractivity contribution in [3.8, 4) is 16.9 Å². The van der Waals surface area contributed by atoms with Crippen molar-refractivity contribution in [1.82, 2.24) is 4.90 Å². The first-order valence-corrected chi connectivity index (χ1v) is 9.20. The quantitative estimate of drug-likeness (QED) is 0.764. The molecule has 0 bridgehead atoms. The monoisotopic (exact) mass is 363 g/mol. The van der Waals surface area contributed by atoms with Crippen LogP contribution < -0.4 is 4.74 Å². The van der Waals surface area contributed by atoms with Crippen molar-refractivity contribution >= 4 is 11.8 Å². The van der Waals surface area contributed by atoms with Gasteiger partial charge in [-0.25, -0.2) is 0 Å². The minimum absolute atomic E-state index is 0.0791. The number of carbonyl (C=O) groups is 2. The zero-order valence-corrected chi connectivity index (χ0v) is 15.0. The molecule has 2 aliphatic rings. The van der Waals surface area contributed by atoms with E-state index in [-0.39, 0.29) is 23.5 Å². The van der Waals surface area contributed by atoms with Crippen LogP contribution in [0.15, 0.2) is 66.4 Å². The number of hydrogen-bond donors (Lipinski definition) is 0. The first-order valence-electron chi connectivity index (χ1n) is 9.20. The second kappa shape index (κ2) is 7.76. The summed E-state index contributed by atoms with van der Waals surface area (Å²) in [5.41, 5.74) is 1.87. The Morgan fingerprint density at radius 1 is 0.963 bits per heavy atom. The standard InChI is InChI=1S/C22H21NO4/c24-21-14-20(22(25)23(21)15-16-10-12-26-13-11-16)27-19-9-5-4-8-18(19)17-6-2-1-3-7-17/h1-9,14,16H,10-13,15H2. The highest BCUT2D eigenvalue weighted by Crippen LogP contribution is 2.32. The lowest BCUT2D eigenvalue weighted by Crippen LogP contribution is -2.37. The third-order valence-corrected chi connectivity index (χ3v) is 4.95. The highest BCUT2D eigenvalue weighted by Gasteiger charge is 2.35. The number of para-hydroxylation sites is 1. The molecule has 5 nitrogen and oxygen atoms in total. The maximum absolute atomic E-state index is 12.7. The Hall–Kier alpha value is -2.92. The summed E-state index contributed by atoms with van der Waals surface area (Å²) in [6, 6.07) is 17.3. The molecule has 5 heteroatoms. The van der Waals surface area contributed by atoms with E-state index < -0.39 is 0 Å². The summed E-state index contributed by atoms with van der Waals surface area (Å²) in [5, 5.41) is 0. The molecule has 1 fully saturated rings. The molecule has 138 valence electrons. The molecule has 0 N–H and O–H groups in total. The number of imide groups is 1. The number of hydrogen-bond acceptors (Lipinski definition) is 4. The van der Waals surface area contributed by atoms with Crippen molar-refractivity contribution in [1.29, 1.82) is 0 Å². The third kappa shape index (κ3) is 3.78. The molecule has 0 aliphatic carbocycles. The normalized spacial score (nSPS) is 17.9. The van der Waals surface area contributed by atoms with Gasteiger partial charge in [0.1, 0.15) is 5.75 Å². The Balaban J connectivity index is 1.51. The van der Waals surface area contributed by atoms with E-state index in [1.165, 1.54) is 11.0 Å². The molecule has 0 spiro atoms. The third-order valence-electron chi connectivity index (χ3n) is 4.95. The summed E-state index contributed by atoms with van der Waals surface area (Å²) in [6.07, 6.45) is 3.03. The zero-order valence-electron chi connectivity index (χ0n) is 15.0. The van der Waals surface area contributed by atoms with E-state index in [0.29, 0.717) is 25.5 Å². The van der Waals surface area contributed by atoms with Gasteiger partial charge in [-0.1, -0.05) is 48.5 Å². The van der Waals surface area contributed by atoms with Crippen LogP contribution in [0.4, 0.5) is 0 Å². The number of rotatable bonds is 5. The molecule has 0 aromatic heterocycles. The van der Waals surface area contributed by atoms with E-state index in [0.717, 1.165) is 24.0 Å². The van der Waals surface area contributed by atoms with Gasteiger partial charge < -0.3 is 9.47 Å². The van der Waals surface area contributed by atoms with E-state index in [4.69, 9.17) is 9.47 Å². The average Bonchev–Trinajstić information content (AvgIpc) is 2.97. The topological polar surface area (TPSA) is 55.8 Å². The molecule has 0 unspecified atom stereocenters. The second-order valence-corrected chi connectivity index (χ2v) is 6.78. The van der Waals surface area contributed by atoms with Crippen LogP contribution in [0.3, 0.4) is 0 Å². The Kier molecular flexibility index (Phi) is 5.03. The Morgan fingerprint density at radius 3 is 2.44 bits per heavy atom. The van der Waals surface area contributed by atoms with Gasteiger partial charge in [0.25, 0.3) is 11.8 Å². The number of ether oxygens (including phenoxy) is 2. The van der Waals surface area contributed by atoms with Gasteiger partial charge in [-0.2, -0.15) is 0 Å². The van der Waals surface area contributed by atoms with Crippen LogP contribution >= 0.6 is 0 Å². The van der Waals surface area contributed by atoms with Gasteiger partial charge in [0, 0.05) is 25.3 Å². The van der Waals surface area contributed by atoms with Gasteiger partial charge in [-0.05, 0) is 30.4 Å². The highest BCUT2D eigenvalue weighted by molar-refractivity contribution is 6.15. The fourth-order valence-electron chi connectivity index (χ4n) is 3.45. The molecule has 27 heavy (non-hydrogen) atoms. The van der Waals surface area contributed by atoms with Gasteiger partial charge >= 0.3 is 0 Å². The summed E-state index contributed by atoms with van der Waals surface area (Å²) < 4.78 is 11.2. The molecule has 1 saturated heterocycles. The number of nitrogens with zero attached hydrogens (tertiary/aromatic N) is 1. The summed E-state index contributed by atoms with van der Waals surface area (Å²) in [5.74, 6) is 0.253. The maximum Gasteiger partial charge on any atom is 0.296 e. The molecule has 2 aliphatic heterocycles. The Bertz CT molecular complexity index is 869. The van der Waals surface area contributed by atoms with Gasteiger partial charge in [0.15, 0.2) is 5.76 Å². The van der Waals surface area contributed by atoms with Crippen molar-refractivity contribution in [2.24, 2.45) is 5.92 Å². The van der Waals surface area contributed by atoms with Crippen molar-refractivity contribution in [3.63, 3.8) is 0 Å². The molecular formula is C22H21NO4. The fraction of sp³-hybridized carbons (Fsp3) is 0.273. The van der Waals surface area contributed by atoms with Crippen LogP contribution in [-0.2, 0) is 14.3 Å². The van der Waals surface area contributed by atoms with Gasteiger partial charge in [0.2, 0.25) is 0 Å². The van der Waals surface area contributed by atoms with Crippen LogP contribution in [0.1, 0.15) is 12.8 Å².